The fourth-order valence-electron chi connectivity index (χ4n) is 4.38. The number of amides is 1. The lowest BCUT2D eigenvalue weighted by Crippen LogP contribution is -2.53. The Balaban J connectivity index is 1.35. The van der Waals surface area contributed by atoms with Gasteiger partial charge in [0.15, 0.2) is 0 Å². The van der Waals surface area contributed by atoms with Crippen molar-refractivity contribution in [3.63, 3.8) is 0 Å². The number of para-hydroxylation sites is 1. The third kappa shape index (κ3) is 4.58. The Kier molecular flexibility index (Phi) is 6.22. The minimum absolute atomic E-state index is 0.0227. The van der Waals surface area contributed by atoms with Crippen molar-refractivity contribution in [2.75, 3.05) is 37.6 Å². The van der Waals surface area contributed by atoms with Gasteiger partial charge in [-0.05, 0) is 37.0 Å². The molecule has 0 bridgehead atoms. The molecule has 0 saturated carbocycles. The van der Waals surface area contributed by atoms with Gasteiger partial charge in [0.25, 0.3) is 0 Å². The fraction of sp³-hybridized carbons (Fsp3) is 0.435. The average Bonchev–Trinajstić information content (AvgIpc) is 2.74. The molecule has 0 N–H and O–H groups in total. The van der Waals surface area contributed by atoms with E-state index in [4.69, 9.17) is 0 Å². The van der Waals surface area contributed by atoms with Gasteiger partial charge in [-0.25, -0.2) is 8.42 Å². The van der Waals surface area contributed by atoms with E-state index in [1.165, 1.54) is 5.56 Å². The van der Waals surface area contributed by atoms with Crippen LogP contribution < -0.4 is 4.90 Å². The fourth-order valence-corrected chi connectivity index (χ4v) is 5.89. The molecule has 6 nitrogen and oxygen atoms in total. The van der Waals surface area contributed by atoms with Gasteiger partial charge in [0.2, 0.25) is 15.9 Å². The second-order valence-electron chi connectivity index (χ2n) is 8.20. The predicted octanol–water partition coefficient (Wildman–Crippen LogP) is 2.50. The first-order valence-electron chi connectivity index (χ1n) is 10.6. The summed E-state index contributed by atoms with van der Waals surface area (Å²) < 4.78 is 27.0. The average molecular weight is 428 g/mol. The van der Waals surface area contributed by atoms with Gasteiger partial charge < -0.3 is 4.90 Å². The molecule has 1 atom stereocenters. The molecule has 2 aliphatic heterocycles. The molecular formula is C23H29N3O3S. The maximum absolute atomic E-state index is 13.1. The molecule has 2 heterocycles. The molecule has 2 aromatic carbocycles. The SMILES string of the molecule is C[C@@H]1CCc2ccccc2N1C(=O)CN1CCN(S(=O)(=O)Cc2ccccc2)CC1. The van der Waals surface area contributed by atoms with Crippen molar-refractivity contribution in [3.05, 3.63) is 65.7 Å². The van der Waals surface area contributed by atoms with Gasteiger partial charge in [0, 0.05) is 37.9 Å². The van der Waals surface area contributed by atoms with E-state index in [0.717, 1.165) is 24.1 Å². The van der Waals surface area contributed by atoms with Gasteiger partial charge in [0.1, 0.15) is 0 Å². The largest absolute Gasteiger partial charge is 0.308 e. The lowest BCUT2D eigenvalue weighted by atomic mass is 9.96. The van der Waals surface area contributed by atoms with E-state index in [9.17, 15) is 13.2 Å². The second-order valence-corrected chi connectivity index (χ2v) is 10.2. The highest BCUT2D eigenvalue weighted by Crippen LogP contribution is 2.30. The maximum atomic E-state index is 13.1. The van der Waals surface area contributed by atoms with Gasteiger partial charge in [0.05, 0.1) is 12.3 Å². The van der Waals surface area contributed by atoms with E-state index in [0.29, 0.717) is 32.7 Å². The Morgan fingerprint density at radius 2 is 1.63 bits per heavy atom. The van der Waals surface area contributed by atoms with Crippen LogP contribution in [0.3, 0.4) is 0 Å². The molecule has 0 radical (unpaired) electrons. The van der Waals surface area contributed by atoms with Crippen molar-refractivity contribution in [3.8, 4) is 0 Å². The van der Waals surface area contributed by atoms with E-state index >= 15 is 0 Å². The van der Waals surface area contributed by atoms with Crippen molar-refractivity contribution in [2.24, 2.45) is 0 Å². The van der Waals surface area contributed by atoms with Crippen LogP contribution in [0.25, 0.3) is 0 Å². The molecule has 160 valence electrons. The van der Waals surface area contributed by atoms with E-state index in [1.807, 2.05) is 53.4 Å². The topological polar surface area (TPSA) is 60.9 Å². The number of aryl methyl sites for hydroxylation is 1. The number of hydrogen-bond donors (Lipinski definition) is 0. The van der Waals surface area contributed by atoms with Crippen LogP contribution in [0.1, 0.15) is 24.5 Å². The highest BCUT2D eigenvalue weighted by molar-refractivity contribution is 7.88. The Labute approximate surface area is 179 Å². The summed E-state index contributed by atoms with van der Waals surface area (Å²) in [7, 11) is -3.35. The quantitative estimate of drug-likeness (QED) is 0.736. The summed E-state index contributed by atoms with van der Waals surface area (Å²) in [4.78, 5) is 17.1. The Morgan fingerprint density at radius 1 is 0.967 bits per heavy atom. The second kappa shape index (κ2) is 8.88. The maximum Gasteiger partial charge on any atom is 0.241 e. The summed E-state index contributed by atoms with van der Waals surface area (Å²) in [5, 5.41) is 0. The molecule has 2 aliphatic rings. The van der Waals surface area contributed by atoms with E-state index < -0.39 is 10.0 Å². The molecule has 0 unspecified atom stereocenters. The molecule has 0 spiro atoms. The Hall–Kier alpha value is -2.22. The molecule has 4 rings (SSSR count). The zero-order valence-electron chi connectivity index (χ0n) is 17.4. The number of sulfonamides is 1. The molecule has 30 heavy (non-hydrogen) atoms. The highest BCUT2D eigenvalue weighted by atomic mass is 32.2. The number of carbonyl (C=O) groups excluding carboxylic acids is 1. The van der Waals surface area contributed by atoms with Crippen LogP contribution >= 0.6 is 0 Å². The molecule has 1 fully saturated rings. The van der Waals surface area contributed by atoms with Gasteiger partial charge in [-0.1, -0.05) is 48.5 Å². The van der Waals surface area contributed by atoms with Crippen LogP contribution in [-0.4, -0.2) is 62.3 Å². The lowest BCUT2D eigenvalue weighted by molar-refractivity contribution is -0.120. The summed E-state index contributed by atoms with van der Waals surface area (Å²) in [5.41, 5.74) is 3.04. The first-order chi connectivity index (χ1) is 14.4. The summed E-state index contributed by atoms with van der Waals surface area (Å²) in [6, 6.07) is 17.6. The number of carbonyl (C=O) groups is 1. The van der Waals surface area contributed by atoms with Crippen LogP contribution in [0, 0.1) is 0 Å². The molecule has 7 heteroatoms. The smallest absolute Gasteiger partial charge is 0.241 e. The molecule has 2 aromatic rings. The summed E-state index contributed by atoms with van der Waals surface area (Å²) >= 11 is 0. The third-order valence-corrected chi connectivity index (χ3v) is 7.92. The molecule has 1 saturated heterocycles. The van der Waals surface area contributed by atoms with Gasteiger partial charge in [-0.15, -0.1) is 0 Å². The molecule has 1 amide bonds. The van der Waals surface area contributed by atoms with Crippen molar-refractivity contribution in [1.82, 2.24) is 9.21 Å². The monoisotopic (exact) mass is 427 g/mol. The van der Waals surface area contributed by atoms with E-state index in [2.05, 4.69) is 17.9 Å². The van der Waals surface area contributed by atoms with Crippen molar-refractivity contribution < 1.29 is 13.2 Å². The standard InChI is InChI=1S/C23H29N3O3S/c1-19-11-12-21-9-5-6-10-22(21)26(19)23(27)17-24-13-15-25(16-14-24)30(28,29)18-20-7-3-2-4-8-20/h2-10,19H,11-18H2,1H3/t19-/m1/s1. The van der Waals surface area contributed by atoms with Crippen LogP contribution in [0.2, 0.25) is 0 Å². The minimum Gasteiger partial charge on any atom is -0.308 e. The normalized spacial score (nSPS) is 20.7. The number of rotatable bonds is 5. The van der Waals surface area contributed by atoms with Gasteiger partial charge in [-0.2, -0.15) is 4.31 Å². The summed E-state index contributed by atoms with van der Waals surface area (Å²) in [5.74, 6) is 0.115. The van der Waals surface area contributed by atoms with Crippen LogP contribution in [-0.2, 0) is 27.0 Å². The summed E-state index contributed by atoms with van der Waals surface area (Å²) in [6.45, 7) is 4.42. The van der Waals surface area contributed by atoms with E-state index in [-0.39, 0.29) is 17.7 Å². The number of benzene rings is 2. The van der Waals surface area contributed by atoms with Gasteiger partial charge >= 0.3 is 0 Å². The highest BCUT2D eigenvalue weighted by Gasteiger charge is 2.31. The van der Waals surface area contributed by atoms with E-state index in [1.54, 1.807) is 4.31 Å². The number of anilines is 1. The van der Waals surface area contributed by atoms with Crippen LogP contribution in [0.4, 0.5) is 5.69 Å². The number of hydrogen-bond acceptors (Lipinski definition) is 4. The number of nitrogens with zero attached hydrogens (tertiary/aromatic N) is 3. The minimum atomic E-state index is -3.35. The molecular weight excluding hydrogens is 398 g/mol. The van der Waals surface area contributed by atoms with Crippen molar-refractivity contribution in [2.45, 2.75) is 31.6 Å². The summed E-state index contributed by atoms with van der Waals surface area (Å²) in [6.07, 6.45) is 1.97. The lowest BCUT2D eigenvalue weighted by Gasteiger charge is -2.38. The Morgan fingerprint density at radius 3 is 2.37 bits per heavy atom. The van der Waals surface area contributed by atoms with Crippen LogP contribution in [0.15, 0.2) is 54.6 Å². The third-order valence-electron chi connectivity index (χ3n) is 6.07. The van der Waals surface area contributed by atoms with Crippen molar-refractivity contribution >= 4 is 21.6 Å². The molecule has 0 aromatic heterocycles. The van der Waals surface area contributed by atoms with Crippen molar-refractivity contribution in [1.29, 1.82) is 0 Å². The number of piperazine rings is 1. The number of fused-ring (bicyclic) bond motifs is 1. The van der Waals surface area contributed by atoms with Gasteiger partial charge in [-0.3, -0.25) is 9.69 Å². The zero-order valence-corrected chi connectivity index (χ0v) is 18.2. The first kappa shape index (κ1) is 21.0. The zero-order chi connectivity index (χ0) is 21.1. The first-order valence-corrected chi connectivity index (χ1v) is 12.2. The Bertz CT molecular complexity index is 986. The molecule has 0 aliphatic carbocycles. The van der Waals surface area contributed by atoms with Crippen LogP contribution in [0.5, 0.6) is 0 Å². The predicted molar refractivity (Wildman–Crippen MR) is 119 cm³/mol.